The number of amides is 1. The molecule has 1 aliphatic rings. The number of carbonyl (C=O) groups is 1. The first-order chi connectivity index (χ1) is 14.3. The number of carbonyl (C=O) groups excluding carboxylic acids is 1. The zero-order chi connectivity index (χ0) is 19.9. The van der Waals surface area contributed by atoms with Crippen LogP contribution in [0, 0.1) is 5.92 Å². The molecule has 1 fully saturated rings. The van der Waals surface area contributed by atoms with E-state index in [-0.39, 0.29) is 5.91 Å². The van der Waals surface area contributed by atoms with E-state index < -0.39 is 0 Å². The molecule has 148 valence electrons. The van der Waals surface area contributed by atoms with Crippen LogP contribution >= 0.6 is 0 Å². The van der Waals surface area contributed by atoms with E-state index in [0.717, 1.165) is 37.6 Å². The van der Waals surface area contributed by atoms with Crippen LogP contribution in [-0.4, -0.2) is 35.5 Å². The Morgan fingerprint density at radius 2 is 1.59 bits per heavy atom. The number of nitrogens with zero attached hydrogens (tertiary/aromatic N) is 3. The molecule has 0 unspecified atom stereocenters. The lowest BCUT2D eigenvalue weighted by Crippen LogP contribution is -2.39. The molecule has 6 heteroatoms. The molecule has 0 aliphatic carbocycles. The monoisotopic (exact) mass is 388 g/mol. The number of aromatic nitrogens is 2. The van der Waals surface area contributed by atoms with Gasteiger partial charge in [0.25, 0.3) is 5.91 Å². The van der Waals surface area contributed by atoms with E-state index in [1.54, 1.807) is 24.5 Å². The number of hydrogen-bond acceptors (Lipinski definition) is 5. The number of anilines is 1. The van der Waals surface area contributed by atoms with Crippen molar-refractivity contribution in [2.24, 2.45) is 5.92 Å². The summed E-state index contributed by atoms with van der Waals surface area (Å²) in [6, 6.07) is 18.6. The highest BCUT2D eigenvalue weighted by atomic mass is 16.5. The Hall–Kier alpha value is -3.41. The molecular weight excluding hydrogens is 364 g/mol. The fourth-order valence-corrected chi connectivity index (χ4v) is 3.43. The molecule has 1 aromatic heterocycles. The predicted octanol–water partition coefficient (Wildman–Crippen LogP) is 3.92. The zero-order valence-electron chi connectivity index (χ0n) is 16.2. The molecule has 6 nitrogen and oxygen atoms in total. The maximum Gasteiger partial charge on any atom is 0.251 e. The molecule has 1 saturated heterocycles. The van der Waals surface area contributed by atoms with Crippen molar-refractivity contribution in [1.29, 1.82) is 0 Å². The van der Waals surface area contributed by atoms with Crippen molar-refractivity contribution in [2.75, 3.05) is 24.5 Å². The summed E-state index contributed by atoms with van der Waals surface area (Å²) in [5.41, 5.74) is 0.639. The Balaban J connectivity index is 1.24. The van der Waals surface area contributed by atoms with E-state index in [9.17, 15) is 4.79 Å². The molecule has 2 heterocycles. The molecule has 1 N–H and O–H groups in total. The largest absolute Gasteiger partial charge is 0.457 e. The molecule has 29 heavy (non-hydrogen) atoms. The van der Waals surface area contributed by atoms with Crippen molar-refractivity contribution in [3.63, 3.8) is 0 Å². The molecule has 3 aromatic rings. The van der Waals surface area contributed by atoms with Crippen molar-refractivity contribution < 1.29 is 9.53 Å². The number of para-hydroxylation sites is 1. The lowest BCUT2D eigenvalue weighted by atomic mass is 9.97. The van der Waals surface area contributed by atoms with Crippen LogP contribution in [0.4, 0.5) is 5.95 Å². The number of rotatable bonds is 6. The van der Waals surface area contributed by atoms with Crippen molar-refractivity contribution in [3.8, 4) is 11.5 Å². The SMILES string of the molecule is O=C(NCC1CCN(c2ncccn2)CC1)c1ccc(Oc2ccccc2)cc1. The Bertz CT molecular complexity index is 909. The maximum absolute atomic E-state index is 12.5. The third-order valence-electron chi connectivity index (χ3n) is 5.10. The first kappa shape index (κ1) is 18.9. The van der Waals surface area contributed by atoms with Gasteiger partial charge in [-0.1, -0.05) is 18.2 Å². The molecular formula is C23H24N4O2. The Labute approximate surface area is 170 Å². The smallest absolute Gasteiger partial charge is 0.251 e. The number of benzene rings is 2. The number of piperidine rings is 1. The highest BCUT2D eigenvalue weighted by molar-refractivity contribution is 5.94. The zero-order valence-corrected chi connectivity index (χ0v) is 16.2. The quantitative estimate of drug-likeness (QED) is 0.693. The first-order valence-corrected chi connectivity index (χ1v) is 9.91. The van der Waals surface area contributed by atoms with E-state index in [2.05, 4.69) is 20.2 Å². The van der Waals surface area contributed by atoms with E-state index >= 15 is 0 Å². The van der Waals surface area contributed by atoms with Gasteiger partial charge < -0.3 is 15.0 Å². The molecule has 0 spiro atoms. The van der Waals surface area contributed by atoms with Gasteiger partial charge >= 0.3 is 0 Å². The van der Waals surface area contributed by atoms with Crippen LogP contribution in [-0.2, 0) is 0 Å². The van der Waals surface area contributed by atoms with Crippen molar-refractivity contribution in [2.45, 2.75) is 12.8 Å². The summed E-state index contributed by atoms with van der Waals surface area (Å²) in [5.74, 6) is 2.69. The Morgan fingerprint density at radius 1 is 0.931 bits per heavy atom. The van der Waals surface area contributed by atoms with Crippen molar-refractivity contribution in [1.82, 2.24) is 15.3 Å². The summed E-state index contributed by atoms with van der Waals surface area (Å²) in [5, 5.41) is 3.06. The van der Waals surface area contributed by atoms with Gasteiger partial charge in [-0.2, -0.15) is 0 Å². The van der Waals surface area contributed by atoms with Gasteiger partial charge in [0.05, 0.1) is 0 Å². The number of hydrogen-bond donors (Lipinski definition) is 1. The molecule has 0 bridgehead atoms. The van der Waals surface area contributed by atoms with E-state index in [4.69, 9.17) is 4.74 Å². The summed E-state index contributed by atoms with van der Waals surface area (Å²) in [6.07, 6.45) is 5.57. The van der Waals surface area contributed by atoms with Gasteiger partial charge in [0, 0.05) is 37.6 Å². The van der Waals surface area contributed by atoms with Crippen LogP contribution in [0.1, 0.15) is 23.2 Å². The minimum absolute atomic E-state index is 0.0508. The van der Waals surface area contributed by atoms with E-state index in [1.807, 2.05) is 48.5 Å². The van der Waals surface area contributed by atoms with Gasteiger partial charge in [0.1, 0.15) is 11.5 Å². The third-order valence-corrected chi connectivity index (χ3v) is 5.10. The fourth-order valence-electron chi connectivity index (χ4n) is 3.43. The maximum atomic E-state index is 12.5. The number of nitrogens with one attached hydrogen (secondary N) is 1. The predicted molar refractivity (Wildman–Crippen MR) is 112 cm³/mol. The van der Waals surface area contributed by atoms with E-state index in [0.29, 0.717) is 23.8 Å². The minimum atomic E-state index is -0.0508. The molecule has 0 saturated carbocycles. The topological polar surface area (TPSA) is 67.4 Å². The molecule has 2 aromatic carbocycles. The molecule has 4 rings (SSSR count). The molecule has 1 amide bonds. The summed E-state index contributed by atoms with van der Waals surface area (Å²) in [4.78, 5) is 23.3. The molecule has 0 radical (unpaired) electrons. The lowest BCUT2D eigenvalue weighted by Gasteiger charge is -2.31. The van der Waals surface area contributed by atoms with E-state index in [1.165, 1.54) is 0 Å². The van der Waals surface area contributed by atoms with Gasteiger partial charge in [0.2, 0.25) is 5.95 Å². The van der Waals surface area contributed by atoms with Gasteiger partial charge in [-0.15, -0.1) is 0 Å². The fraction of sp³-hybridized carbons (Fsp3) is 0.261. The second-order valence-electron chi connectivity index (χ2n) is 7.13. The standard InChI is InChI=1S/C23H24N4O2/c28-22(19-7-9-21(10-8-19)29-20-5-2-1-3-6-20)26-17-18-11-15-27(16-12-18)23-24-13-4-14-25-23/h1-10,13-14,18H,11-12,15-17H2,(H,26,28). The first-order valence-electron chi connectivity index (χ1n) is 9.91. The highest BCUT2D eigenvalue weighted by Gasteiger charge is 2.21. The van der Waals surface area contributed by atoms with Crippen LogP contribution < -0.4 is 15.0 Å². The second kappa shape index (κ2) is 9.19. The second-order valence-corrected chi connectivity index (χ2v) is 7.13. The summed E-state index contributed by atoms with van der Waals surface area (Å²) in [6.45, 7) is 2.51. The van der Waals surface area contributed by atoms with Crippen LogP contribution in [0.5, 0.6) is 11.5 Å². The van der Waals surface area contributed by atoms with Gasteiger partial charge in [-0.25, -0.2) is 9.97 Å². The lowest BCUT2D eigenvalue weighted by molar-refractivity contribution is 0.0945. The van der Waals surface area contributed by atoms with Gasteiger partial charge in [-0.05, 0) is 61.2 Å². The molecule has 0 atom stereocenters. The van der Waals surface area contributed by atoms with Crippen LogP contribution in [0.2, 0.25) is 0 Å². The number of ether oxygens (including phenoxy) is 1. The normalized spacial score (nSPS) is 14.4. The summed E-state index contributed by atoms with van der Waals surface area (Å²) in [7, 11) is 0. The van der Waals surface area contributed by atoms with Crippen LogP contribution in [0.25, 0.3) is 0 Å². The van der Waals surface area contributed by atoms with Crippen LogP contribution in [0.3, 0.4) is 0 Å². The highest BCUT2D eigenvalue weighted by Crippen LogP contribution is 2.22. The van der Waals surface area contributed by atoms with Gasteiger partial charge in [0.15, 0.2) is 0 Å². The minimum Gasteiger partial charge on any atom is -0.457 e. The average molecular weight is 388 g/mol. The summed E-state index contributed by atoms with van der Waals surface area (Å²) >= 11 is 0. The molecule has 1 aliphatic heterocycles. The van der Waals surface area contributed by atoms with Crippen molar-refractivity contribution >= 4 is 11.9 Å². The summed E-state index contributed by atoms with van der Waals surface area (Å²) < 4.78 is 5.77. The Morgan fingerprint density at radius 3 is 2.28 bits per heavy atom. The van der Waals surface area contributed by atoms with Crippen molar-refractivity contribution in [3.05, 3.63) is 78.6 Å². The third kappa shape index (κ3) is 5.10. The van der Waals surface area contributed by atoms with Gasteiger partial charge in [-0.3, -0.25) is 4.79 Å². The average Bonchev–Trinajstić information content (AvgIpc) is 2.80. The van der Waals surface area contributed by atoms with Crippen LogP contribution in [0.15, 0.2) is 73.1 Å². The Kier molecular flexibility index (Phi) is 6.00.